The number of piperidine rings is 1. The fraction of sp³-hybridized carbons (Fsp3) is 0.938. The fourth-order valence-electron chi connectivity index (χ4n) is 3.11. The molecule has 116 valence electrons. The van der Waals surface area contributed by atoms with Gasteiger partial charge in [0, 0.05) is 18.6 Å². The van der Waals surface area contributed by atoms with Crippen LogP contribution in [0.3, 0.4) is 0 Å². The average molecular weight is 281 g/mol. The van der Waals surface area contributed by atoms with Gasteiger partial charge in [0.05, 0.1) is 6.54 Å². The molecule has 0 aromatic carbocycles. The third kappa shape index (κ3) is 5.06. The van der Waals surface area contributed by atoms with Crippen molar-refractivity contribution in [3.63, 3.8) is 0 Å². The van der Waals surface area contributed by atoms with Gasteiger partial charge in [0.15, 0.2) is 0 Å². The van der Waals surface area contributed by atoms with E-state index in [1.807, 2.05) is 0 Å². The van der Waals surface area contributed by atoms with E-state index in [9.17, 15) is 4.79 Å². The Bertz CT molecular complexity index is 304. The van der Waals surface area contributed by atoms with Crippen molar-refractivity contribution >= 4 is 5.91 Å². The van der Waals surface area contributed by atoms with Crippen LogP contribution >= 0.6 is 0 Å². The van der Waals surface area contributed by atoms with Crippen molar-refractivity contribution in [2.24, 2.45) is 5.92 Å². The number of rotatable bonds is 8. The van der Waals surface area contributed by atoms with Crippen LogP contribution in [0, 0.1) is 5.92 Å². The second-order valence-corrected chi connectivity index (χ2v) is 6.52. The molecule has 1 heterocycles. The summed E-state index contributed by atoms with van der Waals surface area (Å²) >= 11 is 0. The molecular formula is C16H31N3O. The molecule has 1 saturated carbocycles. The average Bonchev–Trinajstić information content (AvgIpc) is 3.27. The molecule has 1 aliphatic carbocycles. The maximum atomic E-state index is 12.1. The van der Waals surface area contributed by atoms with Gasteiger partial charge < -0.3 is 10.6 Å². The highest BCUT2D eigenvalue weighted by Crippen LogP contribution is 2.27. The Hall–Kier alpha value is -0.610. The molecule has 1 aliphatic heterocycles. The van der Waals surface area contributed by atoms with Gasteiger partial charge >= 0.3 is 0 Å². The maximum absolute atomic E-state index is 12.1. The molecule has 20 heavy (non-hydrogen) atoms. The van der Waals surface area contributed by atoms with E-state index in [0.717, 1.165) is 25.6 Å². The van der Waals surface area contributed by atoms with Crippen molar-refractivity contribution in [1.82, 2.24) is 15.5 Å². The summed E-state index contributed by atoms with van der Waals surface area (Å²) < 4.78 is 0. The monoisotopic (exact) mass is 281 g/mol. The number of carbonyl (C=O) groups is 1. The predicted molar refractivity (Wildman–Crippen MR) is 82.7 cm³/mol. The van der Waals surface area contributed by atoms with Crippen LogP contribution in [-0.2, 0) is 4.79 Å². The van der Waals surface area contributed by atoms with Gasteiger partial charge in [0.2, 0.25) is 5.91 Å². The number of likely N-dealkylation sites (tertiary alicyclic amines) is 1. The lowest BCUT2D eigenvalue weighted by molar-refractivity contribution is -0.123. The highest BCUT2D eigenvalue weighted by molar-refractivity contribution is 5.78. The Morgan fingerprint density at radius 2 is 2.10 bits per heavy atom. The molecule has 1 amide bonds. The van der Waals surface area contributed by atoms with Crippen molar-refractivity contribution in [3.8, 4) is 0 Å². The lowest BCUT2D eigenvalue weighted by Gasteiger charge is -2.39. The van der Waals surface area contributed by atoms with Crippen molar-refractivity contribution in [1.29, 1.82) is 0 Å². The van der Waals surface area contributed by atoms with Gasteiger partial charge in [-0.05, 0) is 58.0 Å². The molecule has 0 aromatic heterocycles. The highest BCUT2D eigenvalue weighted by atomic mass is 16.2. The molecule has 4 nitrogen and oxygen atoms in total. The number of nitrogens with zero attached hydrogens (tertiary/aromatic N) is 1. The molecule has 1 saturated heterocycles. The van der Waals surface area contributed by atoms with Crippen LogP contribution in [-0.4, -0.2) is 49.1 Å². The van der Waals surface area contributed by atoms with Gasteiger partial charge in [-0.2, -0.15) is 0 Å². The molecule has 2 rings (SSSR count). The largest absolute Gasteiger partial charge is 0.355 e. The summed E-state index contributed by atoms with van der Waals surface area (Å²) in [5.41, 5.74) is 0. The van der Waals surface area contributed by atoms with Gasteiger partial charge in [0.25, 0.3) is 0 Å². The second-order valence-electron chi connectivity index (χ2n) is 6.52. The van der Waals surface area contributed by atoms with E-state index in [1.54, 1.807) is 0 Å². The molecule has 2 fully saturated rings. The zero-order chi connectivity index (χ0) is 14.4. The van der Waals surface area contributed by atoms with Gasteiger partial charge in [-0.1, -0.05) is 13.3 Å². The summed E-state index contributed by atoms with van der Waals surface area (Å²) in [6.45, 7) is 8.07. The molecular weight excluding hydrogens is 250 g/mol. The normalized spacial score (nSPS) is 25.4. The standard InChI is InChI=1S/C16H31N3O/c1-3-9-17-13(2)15-6-4-5-10-19(15)12-16(20)18-11-14-7-8-14/h13-15,17H,3-12H2,1-2H3,(H,18,20). The Balaban J connectivity index is 1.77. The van der Waals surface area contributed by atoms with E-state index in [1.165, 1.54) is 38.5 Å². The summed E-state index contributed by atoms with van der Waals surface area (Å²) in [5.74, 6) is 0.979. The molecule has 0 radical (unpaired) electrons. The first kappa shape index (κ1) is 15.8. The minimum Gasteiger partial charge on any atom is -0.355 e. The van der Waals surface area contributed by atoms with Crippen LogP contribution in [0.1, 0.15) is 52.4 Å². The number of nitrogens with one attached hydrogen (secondary N) is 2. The van der Waals surface area contributed by atoms with Crippen LogP contribution < -0.4 is 10.6 Å². The van der Waals surface area contributed by atoms with E-state index < -0.39 is 0 Å². The van der Waals surface area contributed by atoms with E-state index in [4.69, 9.17) is 0 Å². The Morgan fingerprint density at radius 3 is 2.80 bits per heavy atom. The number of hydrogen-bond acceptors (Lipinski definition) is 3. The van der Waals surface area contributed by atoms with E-state index in [0.29, 0.717) is 18.6 Å². The SMILES string of the molecule is CCCNC(C)C1CCCCN1CC(=O)NCC1CC1. The fourth-order valence-corrected chi connectivity index (χ4v) is 3.11. The number of amides is 1. The lowest BCUT2D eigenvalue weighted by Crippen LogP contribution is -2.53. The molecule has 0 aromatic rings. The van der Waals surface area contributed by atoms with Crippen LogP contribution in [0.15, 0.2) is 0 Å². The number of hydrogen-bond donors (Lipinski definition) is 2. The van der Waals surface area contributed by atoms with Crippen LogP contribution in [0.5, 0.6) is 0 Å². The minimum absolute atomic E-state index is 0.214. The zero-order valence-electron chi connectivity index (χ0n) is 13.2. The van der Waals surface area contributed by atoms with Gasteiger partial charge in [-0.25, -0.2) is 0 Å². The van der Waals surface area contributed by atoms with Crippen LogP contribution in [0.25, 0.3) is 0 Å². The van der Waals surface area contributed by atoms with Crippen molar-refractivity contribution in [2.75, 3.05) is 26.2 Å². The Kier molecular flexibility index (Phi) is 6.30. The van der Waals surface area contributed by atoms with E-state index in [2.05, 4.69) is 29.4 Å². The third-order valence-electron chi connectivity index (χ3n) is 4.59. The summed E-state index contributed by atoms with van der Waals surface area (Å²) in [6, 6.07) is 0.994. The molecule has 0 spiro atoms. The van der Waals surface area contributed by atoms with Gasteiger partial charge in [0.1, 0.15) is 0 Å². The molecule has 2 atom stereocenters. The molecule has 4 heteroatoms. The summed E-state index contributed by atoms with van der Waals surface area (Å²) in [4.78, 5) is 14.4. The highest BCUT2D eigenvalue weighted by Gasteiger charge is 2.29. The Morgan fingerprint density at radius 1 is 1.30 bits per heavy atom. The predicted octanol–water partition coefficient (Wildman–Crippen LogP) is 1.76. The topological polar surface area (TPSA) is 44.4 Å². The smallest absolute Gasteiger partial charge is 0.234 e. The van der Waals surface area contributed by atoms with Crippen molar-refractivity contribution in [2.45, 2.75) is 64.5 Å². The first-order valence-electron chi connectivity index (χ1n) is 8.44. The molecule has 2 N–H and O–H groups in total. The molecule has 2 aliphatic rings. The summed E-state index contributed by atoms with van der Waals surface area (Å²) in [6.07, 6.45) is 7.50. The van der Waals surface area contributed by atoms with Crippen molar-refractivity contribution in [3.05, 3.63) is 0 Å². The second kappa shape index (κ2) is 7.99. The molecule has 2 unspecified atom stereocenters. The van der Waals surface area contributed by atoms with Gasteiger partial charge in [-0.3, -0.25) is 9.69 Å². The first-order chi connectivity index (χ1) is 9.70. The Labute approximate surface area is 123 Å². The third-order valence-corrected chi connectivity index (χ3v) is 4.59. The summed E-state index contributed by atoms with van der Waals surface area (Å²) in [7, 11) is 0. The van der Waals surface area contributed by atoms with E-state index >= 15 is 0 Å². The van der Waals surface area contributed by atoms with Gasteiger partial charge in [-0.15, -0.1) is 0 Å². The van der Waals surface area contributed by atoms with Crippen LogP contribution in [0.4, 0.5) is 0 Å². The minimum atomic E-state index is 0.214. The lowest BCUT2D eigenvalue weighted by atomic mass is 9.96. The summed E-state index contributed by atoms with van der Waals surface area (Å²) in [5, 5.41) is 6.69. The zero-order valence-corrected chi connectivity index (χ0v) is 13.2. The first-order valence-corrected chi connectivity index (χ1v) is 8.44. The van der Waals surface area contributed by atoms with Crippen LogP contribution in [0.2, 0.25) is 0 Å². The quantitative estimate of drug-likeness (QED) is 0.712. The maximum Gasteiger partial charge on any atom is 0.234 e. The van der Waals surface area contributed by atoms with E-state index in [-0.39, 0.29) is 5.91 Å². The molecule has 0 bridgehead atoms. The van der Waals surface area contributed by atoms with Crippen molar-refractivity contribution < 1.29 is 4.79 Å². The number of carbonyl (C=O) groups excluding carboxylic acids is 1.